The zero-order chi connectivity index (χ0) is 16.3. The fraction of sp³-hybridized carbons (Fsp3) is 0.471. The zero-order valence-electron chi connectivity index (χ0n) is 14.3. The second kappa shape index (κ2) is 6.73. The third-order valence-corrected chi connectivity index (χ3v) is 3.72. The Morgan fingerprint density at radius 3 is 1.95 bits per heavy atom. The molecule has 0 saturated heterocycles. The summed E-state index contributed by atoms with van der Waals surface area (Å²) >= 11 is 0. The van der Waals surface area contributed by atoms with Crippen LogP contribution in [0.5, 0.6) is 0 Å². The Bertz CT molecular complexity index is 583. The standard InChI is InChI=1S/C17H25N5/c1-12(2)15-18-16(21(4)5)20-17(19-15)22(6)13(3)14-10-8-7-9-11-14/h7-13H,1-6H3. The van der Waals surface area contributed by atoms with Gasteiger partial charge in [0.25, 0.3) is 0 Å². The minimum Gasteiger partial charge on any atom is -0.347 e. The highest BCUT2D eigenvalue weighted by atomic mass is 15.3. The van der Waals surface area contributed by atoms with Crippen molar-refractivity contribution in [1.29, 1.82) is 0 Å². The molecular formula is C17H25N5. The van der Waals surface area contributed by atoms with Crippen LogP contribution >= 0.6 is 0 Å². The van der Waals surface area contributed by atoms with E-state index in [4.69, 9.17) is 0 Å². The number of benzene rings is 1. The summed E-state index contributed by atoms with van der Waals surface area (Å²) in [6.45, 7) is 6.35. The predicted octanol–water partition coefficient (Wildman–Crippen LogP) is 3.26. The molecule has 1 atom stereocenters. The topological polar surface area (TPSA) is 45.2 Å². The van der Waals surface area contributed by atoms with Gasteiger partial charge in [-0.2, -0.15) is 15.0 Å². The van der Waals surface area contributed by atoms with E-state index in [2.05, 4.69) is 64.9 Å². The van der Waals surface area contributed by atoms with Gasteiger partial charge in [-0.3, -0.25) is 0 Å². The molecule has 0 aliphatic carbocycles. The van der Waals surface area contributed by atoms with Gasteiger partial charge in [-0.05, 0) is 12.5 Å². The Labute approximate surface area is 133 Å². The summed E-state index contributed by atoms with van der Waals surface area (Å²) < 4.78 is 0. The molecule has 5 nitrogen and oxygen atoms in total. The second-order valence-electron chi connectivity index (χ2n) is 6.04. The van der Waals surface area contributed by atoms with Crippen LogP contribution in [0.4, 0.5) is 11.9 Å². The number of aromatic nitrogens is 3. The van der Waals surface area contributed by atoms with Crippen LogP contribution in [0.25, 0.3) is 0 Å². The van der Waals surface area contributed by atoms with E-state index in [1.165, 1.54) is 5.56 Å². The van der Waals surface area contributed by atoms with Gasteiger partial charge in [0, 0.05) is 27.1 Å². The van der Waals surface area contributed by atoms with Gasteiger partial charge in [0.1, 0.15) is 5.82 Å². The highest BCUT2D eigenvalue weighted by molar-refractivity contribution is 5.40. The first kappa shape index (κ1) is 16.2. The van der Waals surface area contributed by atoms with Crippen molar-refractivity contribution in [3.05, 3.63) is 41.7 Å². The van der Waals surface area contributed by atoms with E-state index in [9.17, 15) is 0 Å². The van der Waals surface area contributed by atoms with Gasteiger partial charge < -0.3 is 9.80 Å². The van der Waals surface area contributed by atoms with Crippen molar-refractivity contribution in [2.24, 2.45) is 0 Å². The Morgan fingerprint density at radius 1 is 0.818 bits per heavy atom. The van der Waals surface area contributed by atoms with Crippen molar-refractivity contribution in [3.8, 4) is 0 Å². The van der Waals surface area contributed by atoms with Crippen molar-refractivity contribution < 1.29 is 0 Å². The van der Waals surface area contributed by atoms with Crippen LogP contribution in [0.2, 0.25) is 0 Å². The Hall–Kier alpha value is -2.17. The minimum absolute atomic E-state index is 0.193. The van der Waals surface area contributed by atoms with Crippen LogP contribution in [-0.4, -0.2) is 36.1 Å². The number of nitrogens with zero attached hydrogens (tertiary/aromatic N) is 5. The van der Waals surface area contributed by atoms with Gasteiger partial charge in [0.15, 0.2) is 0 Å². The summed E-state index contributed by atoms with van der Waals surface area (Å²) in [5, 5.41) is 0. The summed E-state index contributed by atoms with van der Waals surface area (Å²) in [5.41, 5.74) is 1.24. The van der Waals surface area contributed by atoms with Crippen LogP contribution in [0.3, 0.4) is 0 Å². The average molecular weight is 299 g/mol. The fourth-order valence-electron chi connectivity index (χ4n) is 2.11. The summed E-state index contributed by atoms with van der Waals surface area (Å²) in [6, 6.07) is 10.6. The quantitative estimate of drug-likeness (QED) is 0.848. The largest absolute Gasteiger partial charge is 0.347 e. The lowest BCUT2D eigenvalue weighted by molar-refractivity contribution is 0.687. The summed E-state index contributed by atoms with van der Waals surface area (Å²) in [6.07, 6.45) is 0. The molecule has 0 fully saturated rings. The van der Waals surface area contributed by atoms with Crippen molar-refractivity contribution in [2.45, 2.75) is 32.7 Å². The Morgan fingerprint density at radius 2 is 1.41 bits per heavy atom. The SMILES string of the molecule is CC(C)c1nc(N(C)C)nc(N(C)C(C)c2ccccc2)n1. The number of anilines is 2. The molecule has 5 heteroatoms. The number of hydrogen-bond donors (Lipinski definition) is 0. The van der Waals surface area contributed by atoms with Crippen LogP contribution in [0, 0.1) is 0 Å². The summed E-state index contributed by atoms with van der Waals surface area (Å²) in [5.74, 6) is 2.49. The maximum Gasteiger partial charge on any atom is 0.230 e. The van der Waals surface area contributed by atoms with Crippen molar-refractivity contribution >= 4 is 11.9 Å². The lowest BCUT2D eigenvalue weighted by atomic mass is 10.1. The molecule has 22 heavy (non-hydrogen) atoms. The molecule has 0 spiro atoms. The lowest BCUT2D eigenvalue weighted by Crippen LogP contribution is -2.26. The van der Waals surface area contributed by atoms with Crippen LogP contribution in [0.15, 0.2) is 30.3 Å². The molecule has 0 aliphatic rings. The monoisotopic (exact) mass is 299 g/mol. The molecule has 0 amide bonds. The number of hydrogen-bond acceptors (Lipinski definition) is 5. The summed E-state index contributed by atoms with van der Waals surface area (Å²) in [7, 11) is 5.92. The zero-order valence-corrected chi connectivity index (χ0v) is 14.3. The van der Waals surface area contributed by atoms with Gasteiger partial charge in [-0.25, -0.2) is 0 Å². The minimum atomic E-state index is 0.193. The first-order valence-electron chi connectivity index (χ1n) is 7.61. The molecule has 0 saturated carbocycles. The van der Waals surface area contributed by atoms with Crippen LogP contribution in [0.1, 0.15) is 44.1 Å². The third kappa shape index (κ3) is 3.53. The van der Waals surface area contributed by atoms with Crippen molar-refractivity contribution in [2.75, 3.05) is 30.9 Å². The maximum absolute atomic E-state index is 4.64. The van der Waals surface area contributed by atoms with Crippen molar-refractivity contribution in [1.82, 2.24) is 15.0 Å². The van der Waals surface area contributed by atoms with Crippen LogP contribution in [-0.2, 0) is 0 Å². The second-order valence-corrected chi connectivity index (χ2v) is 6.04. The Kier molecular flexibility index (Phi) is 4.96. The first-order chi connectivity index (χ1) is 10.4. The molecule has 0 aliphatic heterocycles. The molecular weight excluding hydrogens is 274 g/mol. The van der Waals surface area contributed by atoms with E-state index < -0.39 is 0 Å². The lowest BCUT2D eigenvalue weighted by Gasteiger charge is -2.26. The maximum atomic E-state index is 4.64. The molecule has 0 radical (unpaired) electrons. The van der Waals surface area contributed by atoms with E-state index in [0.717, 1.165) is 5.82 Å². The molecule has 2 aromatic rings. The average Bonchev–Trinajstić information content (AvgIpc) is 2.53. The molecule has 1 aromatic heterocycles. The summed E-state index contributed by atoms with van der Waals surface area (Å²) in [4.78, 5) is 17.8. The fourth-order valence-corrected chi connectivity index (χ4v) is 2.11. The van der Waals surface area contributed by atoms with E-state index in [0.29, 0.717) is 11.9 Å². The molecule has 2 rings (SSSR count). The Balaban J connectivity index is 2.38. The molecule has 1 unspecified atom stereocenters. The van der Waals surface area contributed by atoms with E-state index in [1.54, 1.807) is 0 Å². The molecule has 1 aromatic carbocycles. The van der Waals surface area contributed by atoms with Crippen molar-refractivity contribution in [3.63, 3.8) is 0 Å². The highest BCUT2D eigenvalue weighted by Gasteiger charge is 2.18. The van der Waals surface area contributed by atoms with Gasteiger partial charge >= 0.3 is 0 Å². The van der Waals surface area contributed by atoms with E-state index in [1.807, 2.05) is 32.1 Å². The van der Waals surface area contributed by atoms with E-state index >= 15 is 0 Å². The van der Waals surface area contributed by atoms with Gasteiger partial charge in [-0.1, -0.05) is 44.2 Å². The van der Waals surface area contributed by atoms with Gasteiger partial charge in [0.05, 0.1) is 6.04 Å². The van der Waals surface area contributed by atoms with Gasteiger partial charge in [-0.15, -0.1) is 0 Å². The highest BCUT2D eigenvalue weighted by Crippen LogP contribution is 2.24. The molecule has 1 heterocycles. The smallest absolute Gasteiger partial charge is 0.230 e. The van der Waals surface area contributed by atoms with Gasteiger partial charge in [0.2, 0.25) is 11.9 Å². The molecule has 118 valence electrons. The third-order valence-electron chi connectivity index (χ3n) is 3.72. The van der Waals surface area contributed by atoms with Crippen LogP contribution < -0.4 is 9.80 Å². The normalized spacial score (nSPS) is 12.3. The molecule has 0 bridgehead atoms. The first-order valence-corrected chi connectivity index (χ1v) is 7.61. The predicted molar refractivity (Wildman–Crippen MR) is 91.5 cm³/mol. The molecule has 0 N–H and O–H groups in total. The van der Waals surface area contributed by atoms with E-state index in [-0.39, 0.29) is 12.0 Å². The number of rotatable bonds is 5.